The Balaban J connectivity index is 2.72. The highest BCUT2D eigenvalue weighted by Crippen LogP contribution is 2.40. The van der Waals surface area contributed by atoms with Crippen molar-refractivity contribution in [3.63, 3.8) is 0 Å². The Hall–Kier alpha value is -1.61. The van der Waals surface area contributed by atoms with E-state index in [0.717, 1.165) is 35.3 Å². The molecule has 0 N–H and O–H groups in total. The van der Waals surface area contributed by atoms with Gasteiger partial charge in [-0.2, -0.15) is 0 Å². The highest BCUT2D eigenvalue weighted by molar-refractivity contribution is 6.32. The van der Waals surface area contributed by atoms with E-state index in [1.54, 1.807) is 13.3 Å². The van der Waals surface area contributed by atoms with Crippen LogP contribution in [0.5, 0.6) is 5.75 Å². The van der Waals surface area contributed by atoms with Crippen molar-refractivity contribution in [1.29, 1.82) is 0 Å². The van der Waals surface area contributed by atoms with E-state index in [-0.39, 0.29) is 5.82 Å². The number of rotatable bonds is 4. The van der Waals surface area contributed by atoms with Crippen molar-refractivity contribution in [1.82, 2.24) is 4.98 Å². The number of hydrogen-bond donors (Lipinski definition) is 0. The Kier molecular flexibility index (Phi) is 4.61. The Morgan fingerprint density at radius 1 is 1.30 bits per heavy atom. The molecule has 2 rings (SSSR count). The number of methoxy groups -OCH3 is 1. The first-order valence-corrected chi connectivity index (χ1v) is 6.93. The third-order valence-corrected chi connectivity index (χ3v) is 3.66. The van der Waals surface area contributed by atoms with E-state index in [2.05, 4.69) is 11.9 Å². The molecule has 2 nitrogen and oxygen atoms in total. The minimum Gasteiger partial charge on any atom is -0.496 e. The van der Waals surface area contributed by atoms with Gasteiger partial charge in [0.15, 0.2) is 0 Å². The molecule has 0 aliphatic carbocycles. The second-order valence-corrected chi connectivity index (χ2v) is 5.10. The molecule has 1 heterocycles. The second kappa shape index (κ2) is 6.23. The molecule has 0 saturated heterocycles. The van der Waals surface area contributed by atoms with Gasteiger partial charge < -0.3 is 4.74 Å². The van der Waals surface area contributed by atoms with Crippen LogP contribution in [-0.2, 0) is 6.42 Å². The van der Waals surface area contributed by atoms with E-state index < -0.39 is 0 Å². The van der Waals surface area contributed by atoms with Crippen molar-refractivity contribution in [2.24, 2.45) is 0 Å². The topological polar surface area (TPSA) is 22.1 Å². The molecule has 0 atom stereocenters. The number of benzene rings is 1. The number of aromatic nitrogens is 1. The molecule has 2 aromatic rings. The van der Waals surface area contributed by atoms with Gasteiger partial charge in [0.25, 0.3) is 0 Å². The number of nitrogens with zero attached hydrogens (tertiary/aromatic N) is 1. The zero-order chi connectivity index (χ0) is 14.7. The smallest absolute Gasteiger partial charge is 0.142 e. The SMILES string of the molecule is CCCc1cc(Cl)c(C)c(-c2cncc(F)c2)c1OC. The number of hydrogen-bond acceptors (Lipinski definition) is 2. The van der Waals surface area contributed by atoms with Crippen LogP contribution in [0, 0.1) is 12.7 Å². The molecular formula is C16H17ClFNO. The van der Waals surface area contributed by atoms with Gasteiger partial charge in [-0.15, -0.1) is 0 Å². The quantitative estimate of drug-likeness (QED) is 0.807. The molecule has 1 aromatic carbocycles. The second-order valence-electron chi connectivity index (χ2n) is 4.69. The van der Waals surface area contributed by atoms with Crippen LogP contribution in [0.25, 0.3) is 11.1 Å². The third-order valence-electron chi connectivity index (χ3n) is 3.27. The van der Waals surface area contributed by atoms with Crippen molar-refractivity contribution in [2.75, 3.05) is 7.11 Å². The summed E-state index contributed by atoms with van der Waals surface area (Å²) < 4.78 is 19.0. The lowest BCUT2D eigenvalue weighted by Gasteiger charge is -2.17. The predicted octanol–water partition coefficient (Wildman–Crippen LogP) is 4.81. The van der Waals surface area contributed by atoms with Crippen LogP contribution in [-0.4, -0.2) is 12.1 Å². The van der Waals surface area contributed by atoms with Crippen molar-refractivity contribution < 1.29 is 9.13 Å². The fourth-order valence-corrected chi connectivity index (χ4v) is 2.59. The number of aryl methyl sites for hydroxylation is 1. The van der Waals surface area contributed by atoms with Gasteiger partial charge in [0, 0.05) is 22.3 Å². The molecule has 0 amide bonds. The van der Waals surface area contributed by atoms with Crippen LogP contribution in [0.15, 0.2) is 24.5 Å². The lowest BCUT2D eigenvalue weighted by Crippen LogP contribution is -1.99. The predicted molar refractivity (Wildman–Crippen MR) is 79.9 cm³/mol. The number of pyridine rings is 1. The fourth-order valence-electron chi connectivity index (χ4n) is 2.36. The molecular weight excluding hydrogens is 277 g/mol. The summed E-state index contributed by atoms with van der Waals surface area (Å²) in [7, 11) is 1.62. The molecule has 0 fully saturated rings. The van der Waals surface area contributed by atoms with Crippen LogP contribution in [0.1, 0.15) is 24.5 Å². The summed E-state index contributed by atoms with van der Waals surface area (Å²) in [5.74, 6) is 0.377. The van der Waals surface area contributed by atoms with Crippen molar-refractivity contribution >= 4 is 11.6 Å². The Morgan fingerprint density at radius 2 is 2.05 bits per heavy atom. The maximum absolute atomic E-state index is 13.4. The minimum atomic E-state index is -0.374. The minimum absolute atomic E-state index is 0.374. The summed E-state index contributed by atoms with van der Waals surface area (Å²) >= 11 is 6.30. The first kappa shape index (κ1) is 14.8. The van der Waals surface area contributed by atoms with E-state index >= 15 is 0 Å². The van der Waals surface area contributed by atoms with Crippen molar-refractivity contribution in [3.05, 3.63) is 46.5 Å². The molecule has 106 valence electrons. The Bertz CT molecular complexity index is 628. The zero-order valence-corrected chi connectivity index (χ0v) is 12.6. The highest BCUT2D eigenvalue weighted by atomic mass is 35.5. The molecule has 0 aliphatic heterocycles. The summed E-state index contributed by atoms with van der Waals surface area (Å²) in [6.07, 6.45) is 4.65. The number of halogens is 2. The van der Waals surface area contributed by atoms with Crippen LogP contribution in [0.3, 0.4) is 0 Å². The van der Waals surface area contributed by atoms with Crippen LogP contribution in [0.2, 0.25) is 5.02 Å². The largest absolute Gasteiger partial charge is 0.496 e. The lowest BCUT2D eigenvalue weighted by atomic mass is 9.95. The zero-order valence-electron chi connectivity index (χ0n) is 11.8. The normalized spacial score (nSPS) is 10.7. The summed E-state index contributed by atoms with van der Waals surface area (Å²) in [5.41, 5.74) is 3.40. The van der Waals surface area contributed by atoms with E-state index in [4.69, 9.17) is 16.3 Å². The lowest BCUT2D eigenvalue weighted by molar-refractivity contribution is 0.410. The molecule has 0 bridgehead atoms. The molecule has 0 aliphatic rings. The van der Waals surface area contributed by atoms with Gasteiger partial charge in [0.1, 0.15) is 11.6 Å². The Labute approximate surface area is 123 Å². The van der Waals surface area contributed by atoms with Crippen molar-refractivity contribution in [3.8, 4) is 16.9 Å². The standard InChI is InChI=1S/C16H17ClFNO/c1-4-5-11-7-14(17)10(2)15(16(11)20-3)12-6-13(18)9-19-8-12/h6-9H,4-5H2,1-3H3. The molecule has 4 heteroatoms. The number of ether oxygens (including phenoxy) is 1. The molecule has 0 saturated carbocycles. The average Bonchev–Trinajstić information content (AvgIpc) is 2.42. The molecule has 0 radical (unpaired) electrons. The van der Waals surface area contributed by atoms with Crippen LogP contribution in [0.4, 0.5) is 4.39 Å². The third kappa shape index (κ3) is 2.78. The van der Waals surface area contributed by atoms with E-state index in [1.807, 2.05) is 13.0 Å². The summed E-state index contributed by atoms with van der Waals surface area (Å²) in [4.78, 5) is 3.91. The van der Waals surface area contributed by atoms with Gasteiger partial charge in [-0.25, -0.2) is 4.39 Å². The maximum Gasteiger partial charge on any atom is 0.142 e. The van der Waals surface area contributed by atoms with Gasteiger partial charge in [-0.05, 0) is 36.6 Å². The summed E-state index contributed by atoms with van der Waals surface area (Å²) in [6, 6.07) is 3.37. The average molecular weight is 294 g/mol. The molecule has 0 spiro atoms. The van der Waals surface area contributed by atoms with Gasteiger partial charge in [0.2, 0.25) is 0 Å². The van der Waals surface area contributed by atoms with Gasteiger partial charge >= 0.3 is 0 Å². The summed E-state index contributed by atoms with van der Waals surface area (Å²) in [6.45, 7) is 4.00. The fraction of sp³-hybridized carbons (Fsp3) is 0.312. The van der Waals surface area contributed by atoms with Gasteiger partial charge in [-0.3, -0.25) is 4.98 Å². The monoisotopic (exact) mass is 293 g/mol. The Morgan fingerprint density at radius 3 is 2.65 bits per heavy atom. The first-order chi connectivity index (χ1) is 9.58. The molecule has 0 unspecified atom stereocenters. The highest BCUT2D eigenvalue weighted by Gasteiger charge is 2.17. The summed E-state index contributed by atoms with van der Waals surface area (Å²) in [5, 5.41) is 0.661. The maximum atomic E-state index is 13.4. The first-order valence-electron chi connectivity index (χ1n) is 6.55. The molecule has 1 aromatic heterocycles. The van der Waals surface area contributed by atoms with Crippen molar-refractivity contribution in [2.45, 2.75) is 26.7 Å². The van der Waals surface area contributed by atoms with Gasteiger partial charge in [-0.1, -0.05) is 24.9 Å². The van der Waals surface area contributed by atoms with Crippen LogP contribution < -0.4 is 4.74 Å². The van der Waals surface area contributed by atoms with E-state index in [0.29, 0.717) is 10.6 Å². The van der Waals surface area contributed by atoms with E-state index in [1.165, 1.54) is 12.3 Å². The van der Waals surface area contributed by atoms with Gasteiger partial charge in [0.05, 0.1) is 13.3 Å². The van der Waals surface area contributed by atoms with E-state index in [9.17, 15) is 4.39 Å². The molecule has 20 heavy (non-hydrogen) atoms. The van der Waals surface area contributed by atoms with Crippen LogP contribution >= 0.6 is 11.6 Å².